The first-order valence-corrected chi connectivity index (χ1v) is 14.0. The van der Waals surface area contributed by atoms with Crippen molar-refractivity contribution in [2.45, 2.75) is 14.7 Å². The number of nitrogens with two attached hydrogens (primary N) is 1. The minimum atomic E-state index is -5.07. The smallest absolute Gasteiger partial charge is 0.296 e. The number of phenolic OH excluding ortho intramolecular Hbond substituents is 2. The van der Waals surface area contributed by atoms with Gasteiger partial charge in [-0.05, 0) is 53.9 Å². The number of azo groups is 1. The van der Waals surface area contributed by atoms with Gasteiger partial charge < -0.3 is 15.9 Å². The van der Waals surface area contributed by atoms with Crippen LogP contribution in [0.3, 0.4) is 0 Å². The van der Waals surface area contributed by atoms with Crippen LogP contribution in [0.4, 0.5) is 17.1 Å². The molecule has 4 aromatic carbocycles. The van der Waals surface area contributed by atoms with Gasteiger partial charge in [0.25, 0.3) is 30.4 Å². The molecule has 0 aliphatic rings. The number of phenols is 2. The van der Waals surface area contributed by atoms with Crippen LogP contribution in [0.1, 0.15) is 0 Å². The van der Waals surface area contributed by atoms with E-state index < -0.39 is 73.3 Å². The average molecular weight is 633 g/mol. The van der Waals surface area contributed by atoms with E-state index in [1.54, 1.807) is 0 Å². The number of nitrogens with zero attached hydrogens (tertiary/aromatic N) is 2. The number of hydrogen-bond donors (Lipinski definition) is 6. The summed E-state index contributed by atoms with van der Waals surface area (Å²) in [6.07, 6.45) is 0. The molecular weight excluding hydrogens is 618 g/mol. The van der Waals surface area contributed by atoms with E-state index in [9.17, 15) is 49.1 Å². The summed E-state index contributed by atoms with van der Waals surface area (Å²) in [5.41, 5.74) is 4.47. The van der Waals surface area contributed by atoms with E-state index in [0.29, 0.717) is 12.1 Å². The van der Waals surface area contributed by atoms with Crippen molar-refractivity contribution in [3.63, 3.8) is 0 Å². The molecule has 4 aromatic rings. The fourth-order valence-electron chi connectivity index (χ4n) is 3.56. The Morgan fingerprint density at radius 3 is 1.82 bits per heavy atom. The minimum absolute atomic E-state index is 0. The first-order valence-electron chi connectivity index (χ1n) is 9.67. The van der Waals surface area contributed by atoms with Gasteiger partial charge in [0.1, 0.15) is 21.2 Å². The number of fused-ring (bicyclic) bond motifs is 2. The first kappa shape index (κ1) is 29.2. The van der Waals surface area contributed by atoms with Crippen molar-refractivity contribution in [2.24, 2.45) is 10.2 Å². The molecule has 0 heterocycles. The molecule has 0 aliphatic heterocycles. The van der Waals surface area contributed by atoms with Crippen molar-refractivity contribution in [1.82, 2.24) is 0 Å². The van der Waals surface area contributed by atoms with Gasteiger partial charge in [-0.2, -0.15) is 25.3 Å². The van der Waals surface area contributed by atoms with Gasteiger partial charge in [0.05, 0.1) is 4.90 Å². The van der Waals surface area contributed by atoms with Crippen molar-refractivity contribution in [2.75, 3.05) is 5.73 Å². The maximum absolute atomic E-state index is 12.0. The summed E-state index contributed by atoms with van der Waals surface area (Å²) in [5, 5.41) is 27.8. The summed E-state index contributed by atoms with van der Waals surface area (Å²) >= 11 is 0. The zero-order valence-corrected chi connectivity index (χ0v) is 21.7. The second-order valence-corrected chi connectivity index (χ2v) is 11.8. The molecule has 0 aromatic heterocycles. The molecule has 0 bridgehead atoms. The largest absolute Gasteiger partial charge is 0.505 e. The van der Waals surface area contributed by atoms with Crippen LogP contribution >= 0.6 is 0 Å². The second kappa shape index (κ2) is 9.75. The van der Waals surface area contributed by atoms with Crippen LogP contribution < -0.4 is 5.73 Å². The molecule has 0 saturated heterocycles. The molecule has 0 fully saturated rings. The van der Waals surface area contributed by atoms with Crippen molar-refractivity contribution in [3.8, 4) is 11.5 Å². The quantitative estimate of drug-likeness (QED) is 0.0802. The van der Waals surface area contributed by atoms with Crippen LogP contribution in [0, 0.1) is 0 Å². The minimum Gasteiger partial charge on any atom is -0.505 e. The van der Waals surface area contributed by atoms with Crippen molar-refractivity contribution < 1.29 is 66.2 Å². The fourth-order valence-corrected chi connectivity index (χ4v) is 5.43. The standard InChI is InChI=1S/C20H15N3O11S3.Cu/c21-10-1-3-12-9(5-10)6-17(37(32,33)34)18(20(12)25)23-22-15-8-16(36(29,30)31)14-7-11(35(26,27)28)2-4-13(14)19(15)24;/h1-8,24-25H,21H2,(H,26,27,28)(H,29,30,31)(H,32,33,34);. The van der Waals surface area contributed by atoms with Gasteiger partial charge in [0.15, 0.2) is 11.5 Å². The second-order valence-electron chi connectivity index (χ2n) is 7.63. The fraction of sp³-hybridized carbons (Fsp3) is 0. The Balaban J connectivity index is 0.00000400. The predicted molar refractivity (Wildman–Crippen MR) is 129 cm³/mol. The first-order chi connectivity index (χ1) is 17.0. The molecule has 0 atom stereocenters. The maximum atomic E-state index is 12.0. The Kier molecular flexibility index (Phi) is 7.50. The Morgan fingerprint density at radius 2 is 1.24 bits per heavy atom. The molecule has 0 amide bonds. The summed E-state index contributed by atoms with van der Waals surface area (Å²) in [7, 11) is -14.9. The SMILES string of the molecule is Nc1ccc2c(O)c(N=Nc3cc(S(=O)(=O)O)c4cc(S(=O)(=O)O)ccc4c3O)c(S(=O)(=O)O)cc2c1.[Cu]. The topological polar surface area (TPSA) is 254 Å². The number of aromatic hydroxyl groups is 2. The summed E-state index contributed by atoms with van der Waals surface area (Å²) in [4.78, 5) is -2.56. The molecule has 0 spiro atoms. The average Bonchev–Trinajstić information content (AvgIpc) is 2.77. The van der Waals surface area contributed by atoms with Crippen LogP contribution in [0.15, 0.2) is 73.4 Å². The van der Waals surface area contributed by atoms with Crippen LogP contribution in [-0.4, -0.2) is 49.1 Å². The van der Waals surface area contributed by atoms with Crippen LogP contribution in [0.5, 0.6) is 11.5 Å². The predicted octanol–water partition coefficient (Wildman–Crippen LogP) is 3.14. The van der Waals surface area contributed by atoms with E-state index in [1.165, 1.54) is 18.2 Å². The van der Waals surface area contributed by atoms with Gasteiger partial charge in [-0.1, -0.05) is 0 Å². The van der Waals surface area contributed by atoms with Crippen LogP contribution in [0.25, 0.3) is 21.5 Å². The number of benzene rings is 4. The van der Waals surface area contributed by atoms with E-state index in [4.69, 9.17) is 5.73 Å². The van der Waals surface area contributed by atoms with E-state index >= 15 is 0 Å². The monoisotopic (exact) mass is 632 g/mol. The number of anilines is 1. The van der Waals surface area contributed by atoms with E-state index in [-0.39, 0.29) is 38.9 Å². The van der Waals surface area contributed by atoms with Gasteiger partial charge in [-0.25, -0.2) is 0 Å². The van der Waals surface area contributed by atoms with E-state index in [1.807, 2.05) is 0 Å². The van der Waals surface area contributed by atoms with Gasteiger partial charge in [0, 0.05) is 38.9 Å². The molecule has 18 heteroatoms. The summed E-state index contributed by atoms with van der Waals surface area (Å²) < 4.78 is 99.4. The van der Waals surface area contributed by atoms with E-state index in [0.717, 1.165) is 18.2 Å². The number of hydrogen-bond acceptors (Lipinski definition) is 11. The van der Waals surface area contributed by atoms with Crippen molar-refractivity contribution in [1.29, 1.82) is 0 Å². The molecule has 0 saturated carbocycles. The molecule has 0 aliphatic carbocycles. The Morgan fingerprint density at radius 1 is 0.632 bits per heavy atom. The summed E-state index contributed by atoms with van der Waals surface area (Å²) in [5.74, 6) is -1.53. The molecular formula is C20H15CuN3O11S3. The molecule has 7 N–H and O–H groups in total. The van der Waals surface area contributed by atoms with Gasteiger partial charge >= 0.3 is 0 Å². The molecule has 205 valence electrons. The molecule has 38 heavy (non-hydrogen) atoms. The molecule has 4 rings (SSSR count). The third kappa shape index (κ3) is 5.42. The van der Waals surface area contributed by atoms with Crippen LogP contribution in [0.2, 0.25) is 0 Å². The number of nitrogen functional groups attached to an aromatic ring is 1. The van der Waals surface area contributed by atoms with E-state index in [2.05, 4.69) is 10.2 Å². The summed E-state index contributed by atoms with van der Waals surface area (Å²) in [6, 6.07) is 8.04. The summed E-state index contributed by atoms with van der Waals surface area (Å²) in [6.45, 7) is 0. The molecule has 0 unspecified atom stereocenters. The maximum Gasteiger partial charge on any atom is 0.296 e. The van der Waals surface area contributed by atoms with Crippen LogP contribution in [-0.2, 0) is 47.4 Å². The molecule has 1 radical (unpaired) electrons. The zero-order chi connectivity index (χ0) is 27.5. The normalized spacial score (nSPS) is 12.7. The van der Waals surface area contributed by atoms with Gasteiger partial charge in [-0.3, -0.25) is 13.7 Å². The third-order valence-corrected chi connectivity index (χ3v) is 7.82. The van der Waals surface area contributed by atoms with Gasteiger partial charge in [0.2, 0.25) is 0 Å². The number of rotatable bonds is 5. The Bertz CT molecular complexity index is 1990. The Labute approximate surface area is 225 Å². The van der Waals surface area contributed by atoms with Gasteiger partial charge in [-0.15, -0.1) is 10.2 Å². The Hall–Kier alpha value is -3.35. The molecule has 14 nitrogen and oxygen atoms in total. The van der Waals surface area contributed by atoms with Crippen molar-refractivity contribution in [3.05, 3.63) is 48.5 Å². The third-order valence-electron chi connectivity index (χ3n) is 5.21. The van der Waals surface area contributed by atoms with Crippen molar-refractivity contribution >= 4 is 69.0 Å². The zero-order valence-electron chi connectivity index (χ0n) is 18.3.